The Kier molecular flexibility index (Phi) is 3.46. The lowest BCUT2D eigenvalue weighted by Gasteiger charge is -2.37. The van der Waals surface area contributed by atoms with Crippen molar-refractivity contribution < 1.29 is 4.79 Å². The van der Waals surface area contributed by atoms with Gasteiger partial charge in [0, 0.05) is 25.7 Å². The summed E-state index contributed by atoms with van der Waals surface area (Å²) >= 11 is 0. The van der Waals surface area contributed by atoms with Crippen LogP contribution in [-0.2, 0) is 0 Å². The van der Waals surface area contributed by atoms with Gasteiger partial charge in [0.2, 0.25) is 0 Å². The zero-order valence-corrected chi connectivity index (χ0v) is 9.54. The van der Waals surface area contributed by atoms with E-state index in [9.17, 15) is 4.79 Å². The van der Waals surface area contributed by atoms with Crippen LogP contribution in [0, 0.1) is 0 Å². The lowest BCUT2D eigenvalue weighted by atomic mass is 10.0. The van der Waals surface area contributed by atoms with Gasteiger partial charge in [-0.2, -0.15) is 0 Å². The molecule has 0 aromatic rings. The van der Waals surface area contributed by atoms with E-state index in [-0.39, 0.29) is 6.03 Å². The number of carbonyl (C=O) groups excluding carboxylic acids is 1. The van der Waals surface area contributed by atoms with E-state index in [1.807, 2.05) is 4.90 Å². The van der Waals surface area contributed by atoms with Gasteiger partial charge in [0.1, 0.15) is 0 Å². The van der Waals surface area contributed by atoms with Crippen molar-refractivity contribution >= 4 is 6.03 Å². The van der Waals surface area contributed by atoms with Crippen LogP contribution in [0.2, 0.25) is 0 Å². The van der Waals surface area contributed by atoms with Gasteiger partial charge >= 0.3 is 6.03 Å². The number of piperidine rings is 1. The van der Waals surface area contributed by atoms with Crippen LogP contribution in [0.5, 0.6) is 0 Å². The third-order valence-corrected chi connectivity index (χ3v) is 3.52. The summed E-state index contributed by atoms with van der Waals surface area (Å²) in [5.41, 5.74) is 0. The molecule has 0 aromatic carbocycles. The molecule has 15 heavy (non-hydrogen) atoms. The molecule has 2 heterocycles. The van der Waals surface area contributed by atoms with Gasteiger partial charge in [-0.15, -0.1) is 0 Å². The number of hydrogen-bond acceptors (Lipinski definition) is 2. The number of amides is 2. The second kappa shape index (κ2) is 4.84. The highest BCUT2D eigenvalue weighted by atomic mass is 16.2. The average Bonchev–Trinajstić information content (AvgIpc) is 2.24. The van der Waals surface area contributed by atoms with Crippen LogP contribution < -0.4 is 5.32 Å². The molecule has 2 fully saturated rings. The maximum absolute atomic E-state index is 11.6. The van der Waals surface area contributed by atoms with E-state index in [1.165, 1.54) is 25.8 Å². The van der Waals surface area contributed by atoms with Crippen LogP contribution in [0.1, 0.15) is 25.7 Å². The van der Waals surface area contributed by atoms with Crippen LogP contribution in [0.3, 0.4) is 0 Å². The number of nitrogens with one attached hydrogen (secondary N) is 1. The number of urea groups is 1. The molecule has 86 valence electrons. The first kappa shape index (κ1) is 10.7. The van der Waals surface area contributed by atoms with Crippen molar-refractivity contribution in [2.75, 3.05) is 33.2 Å². The van der Waals surface area contributed by atoms with Crippen molar-refractivity contribution in [1.29, 1.82) is 0 Å². The maximum atomic E-state index is 11.6. The van der Waals surface area contributed by atoms with Crippen molar-refractivity contribution in [1.82, 2.24) is 15.1 Å². The fraction of sp³-hybridized carbons (Fsp3) is 0.909. The minimum absolute atomic E-state index is 0.125. The number of carbonyl (C=O) groups is 1. The summed E-state index contributed by atoms with van der Waals surface area (Å²) in [5, 5.41) is 2.90. The number of likely N-dealkylation sites (N-methyl/N-ethyl adjacent to an activating group) is 1. The lowest BCUT2D eigenvalue weighted by Crippen LogP contribution is -2.52. The van der Waals surface area contributed by atoms with E-state index in [4.69, 9.17) is 0 Å². The molecule has 1 unspecified atom stereocenters. The van der Waals surface area contributed by atoms with Crippen molar-refractivity contribution in [3.8, 4) is 0 Å². The van der Waals surface area contributed by atoms with E-state index in [1.54, 1.807) is 0 Å². The number of hydrogen-bond donors (Lipinski definition) is 1. The van der Waals surface area contributed by atoms with Crippen LogP contribution in [0.4, 0.5) is 4.79 Å². The number of likely N-dealkylation sites (tertiary alicyclic amines) is 1. The average molecular weight is 211 g/mol. The van der Waals surface area contributed by atoms with E-state index >= 15 is 0 Å². The fourth-order valence-corrected chi connectivity index (χ4v) is 2.48. The van der Waals surface area contributed by atoms with Gasteiger partial charge in [-0.3, -0.25) is 0 Å². The molecule has 2 saturated heterocycles. The van der Waals surface area contributed by atoms with E-state index in [2.05, 4.69) is 17.3 Å². The van der Waals surface area contributed by atoms with E-state index in [0.29, 0.717) is 6.04 Å². The second-order valence-electron chi connectivity index (χ2n) is 4.66. The van der Waals surface area contributed by atoms with Crippen LogP contribution in [-0.4, -0.2) is 55.1 Å². The minimum atomic E-state index is 0.125. The van der Waals surface area contributed by atoms with E-state index < -0.39 is 0 Å². The van der Waals surface area contributed by atoms with Crippen molar-refractivity contribution in [2.24, 2.45) is 0 Å². The summed E-state index contributed by atoms with van der Waals surface area (Å²) in [5.74, 6) is 0. The Balaban J connectivity index is 1.86. The Bertz CT molecular complexity index is 232. The molecule has 0 radical (unpaired) electrons. The second-order valence-corrected chi connectivity index (χ2v) is 4.66. The summed E-state index contributed by atoms with van der Waals surface area (Å²) < 4.78 is 0. The summed E-state index contributed by atoms with van der Waals surface area (Å²) in [6.07, 6.45) is 4.94. The zero-order valence-electron chi connectivity index (χ0n) is 9.54. The standard InChI is InChI=1S/C11H21N3O/c1-13-7-3-2-5-10(13)9-14-8-4-6-12-11(14)15/h10H,2-9H2,1H3,(H,12,15). The van der Waals surface area contributed by atoms with Crippen LogP contribution in [0.25, 0.3) is 0 Å². The SMILES string of the molecule is CN1CCCCC1CN1CCCNC1=O. The molecule has 1 N–H and O–H groups in total. The Labute approximate surface area is 91.6 Å². The Morgan fingerprint density at radius 3 is 2.93 bits per heavy atom. The molecule has 2 aliphatic rings. The van der Waals surface area contributed by atoms with Gasteiger partial charge < -0.3 is 15.1 Å². The molecule has 4 heteroatoms. The first-order valence-corrected chi connectivity index (χ1v) is 6.00. The van der Waals surface area contributed by atoms with Crippen molar-refractivity contribution in [2.45, 2.75) is 31.7 Å². The third kappa shape index (κ3) is 2.62. The van der Waals surface area contributed by atoms with Crippen LogP contribution in [0.15, 0.2) is 0 Å². The first-order chi connectivity index (χ1) is 7.27. The predicted molar refractivity (Wildman–Crippen MR) is 59.9 cm³/mol. The summed E-state index contributed by atoms with van der Waals surface area (Å²) in [4.78, 5) is 15.9. The monoisotopic (exact) mass is 211 g/mol. The first-order valence-electron chi connectivity index (χ1n) is 6.00. The highest BCUT2D eigenvalue weighted by molar-refractivity contribution is 5.74. The van der Waals surface area contributed by atoms with Gasteiger partial charge in [0.25, 0.3) is 0 Å². The third-order valence-electron chi connectivity index (χ3n) is 3.52. The van der Waals surface area contributed by atoms with Crippen LogP contribution >= 0.6 is 0 Å². The van der Waals surface area contributed by atoms with E-state index in [0.717, 1.165) is 26.1 Å². The number of nitrogens with zero attached hydrogens (tertiary/aromatic N) is 2. The quantitative estimate of drug-likeness (QED) is 0.736. The molecule has 1 atom stereocenters. The molecular formula is C11H21N3O. The lowest BCUT2D eigenvalue weighted by molar-refractivity contribution is 0.127. The molecule has 0 spiro atoms. The molecule has 0 bridgehead atoms. The summed E-state index contributed by atoms with van der Waals surface area (Å²) in [6, 6.07) is 0.697. The molecule has 4 nitrogen and oxygen atoms in total. The molecule has 2 amide bonds. The van der Waals surface area contributed by atoms with Gasteiger partial charge in [0.05, 0.1) is 0 Å². The van der Waals surface area contributed by atoms with Crippen molar-refractivity contribution in [3.63, 3.8) is 0 Å². The molecule has 0 saturated carbocycles. The zero-order chi connectivity index (χ0) is 10.7. The molecule has 2 aliphatic heterocycles. The summed E-state index contributed by atoms with van der Waals surface area (Å²) in [6.45, 7) is 3.86. The Morgan fingerprint density at radius 2 is 2.20 bits per heavy atom. The van der Waals surface area contributed by atoms with Gasteiger partial charge in [-0.1, -0.05) is 6.42 Å². The molecule has 2 rings (SSSR count). The van der Waals surface area contributed by atoms with Gasteiger partial charge in [0.15, 0.2) is 0 Å². The normalized spacial score (nSPS) is 29.0. The van der Waals surface area contributed by atoms with Gasteiger partial charge in [-0.25, -0.2) is 4.79 Å². The number of rotatable bonds is 2. The topological polar surface area (TPSA) is 35.6 Å². The van der Waals surface area contributed by atoms with Crippen molar-refractivity contribution in [3.05, 3.63) is 0 Å². The summed E-state index contributed by atoms with van der Waals surface area (Å²) in [7, 11) is 2.17. The predicted octanol–water partition coefficient (Wildman–Crippen LogP) is 0.886. The minimum Gasteiger partial charge on any atom is -0.338 e. The highest BCUT2D eigenvalue weighted by Crippen LogP contribution is 2.16. The maximum Gasteiger partial charge on any atom is 0.317 e. The Morgan fingerprint density at radius 1 is 1.33 bits per heavy atom. The molecule has 0 aromatic heterocycles. The fourth-order valence-electron chi connectivity index (χ4n) is 2.48. The van der Waals surface area contributed by atoms with Gasteiger partial charge in [-0.05, 0) is 32.9 Å². The molecule has 0 aliphatic carbocycles. The largest absolute Gasteiger partial charge is 0.338 e. The Hall–Kier alpha value is -0.770. The highest BCUT2D eigenvalue weighted by Gasteiger charge is 2.25. The smallest absolute Gasteiger partial charge is 0.317 e. The molecular weight excluding hydrogens is 190 g/mol.